The van der Waals surface area contributed by atoms with E-state index in [-0.39, 0.29) is 56.0 Å². The molecule has 2 amide bonds. The van der Waals surface area contributed by atoms with E-state index >= 15 is 0 Å². The monoisotopic (exact) mass is 486 g/mol. The molecule has 34 heavy (non-hydrogen) atoms. The summed E-state index contributed by atoms with van der Waals surface area (Å²) in [6, 6.07) is 0. The maximum absolute atomic E-state index is 12.7. The number of carbonyl (C=O) groups is 4. The van der Waals surface area contributed by atoms with Gasteiger partial charge in [-0.2, -0.15) is 0 Å². The number of carbonyl (C=O) groups excluding carboxylic acids is 4. The second-order valence-corrected chi connectivity index (χ2v) is 9.29. The zero-order valence-corrected chi connectivity index (χ0v) is 20.1. The first kappa shape index (κ1) is 28.3. The maximum Gasteiger partial charge on any atom is 0.225 e. The molecule has 4 N–H and O–H groups in total. The highest BCUT2D eigenvalue weighted by atomic mass is 16.7. The van der Waals surface area contributed by atoms with Crippen molar-refractivity contribution in [1.29, 1.82) is 0 Å². The van der Waals surface area contributed by atoms with Crippen LogP contribution < -0.4 is 5.32 Å². The molecule has 0 spiro atoms. The van der Waals surface area contributed by atoms with Crippen LogP contribution in [0.3, 0.4) is 0 Å². The molecule has 0 bridgehead atoms. The molecule has 2 heterocycles. The normalized spacial score (nSPS) is 31.7. The molecule has 0 unspecified atom stereocenters. The number of piperidine rings is 1. The lowest BCUT2D eigenvalue weighted by Crippen LogP contribution is -2.57. The van der Waals surface area contributed by atoms with Gasteiger partial charge in [0, 0.05) is 38.4 Å². The van der Waals surface area contributed by atoms with Crippen LogP contribution in [0.5, 0.6) is 0 Å². The van der Waals surface area contributed by atoms with E-state index in [0.717, 1.165) is 0 Å². The quantitative estimate of drug-likeness (QED) is 0.272. The van der Waals surface area contributed by atoms with Gasteiger partial charge >= 0.3 is 0 Å². The summed E-state index contributed by atoms with van der Waals surface area (Å²) in [5.74, 6) is -1.39. The molecule has 0 saturated carbocycles. The van der Waals surface area contributed by atoms with E-state index in [1.807, 2.05) is 0 Å². The average Bonchev–Trinajstić information content (AvgIpc) is 2.80. The summed E-state index contributed by atoms with van der Waals surface area (Å²) in [5.41, 5.74) is 0. The number of hydrogen-bond acceptors (Lipinski definition) is 9. The van der Waals surface area contributed by atoms with Gasteiger partial charge < -0.3 is 39.8 Å². The Morgan fingerprint density at radius 3 is 2.26 bits per heavy atom. The smallest absolute Gasteiger partial charge is 0.225 e. The molecule has 0 aromatic carbocycles. The van der Waals surface area contributed by atoms with Crippen LogP contribution in [0.4, 0.5) is 0 Å². The van der Waals surface area contributed by atoms with E-state index in [2.05, 4.69) is 5.32 Å². The van der Waals surface area contributed by atoms with Crippen LogP contribution >= 0.6 is 0 Å². The molecule has 0 aliphatic carbocycles. The van der Waals surface area contributed by atoms with Gasteiger partial charge in [-0.15, -0.1) is 0 Å². The summed E-state index contributed by atoms with van der Waals surface area (Å²) in [6.45, 7) is 5.10. The third-order valence-corrected chi connectivity index (χ3v) is 6.41. The largest absolute Gasteiger partial charge is 0.388 e. The lowest BCUT2D eigenvalue weighted by atomic mass is 9.86. The van der Waals surface area contributed by atoms with Crippen molar-refractivity contribution in [2.75, 3.05) is 26.2 Å². The minimum atomic E-state index is -1.42. The lowest BCUT2D eigenvalue weighted by Gasteiger charge is -2.39. The van der Waals surface area contributed by atoms with E-state index in [1.54, 1.807) is 11.8 Å². The molecule has 0 radical (unpaired) electrons. The van der Waals surface area contributed by atoms with Crippen molar-refractivity contribution in [2.24, 2.45) is 11.8 Å². The van der Waals surface area contributed by atoms with Gasteiger partial charge in [0.05, 0.1) is 18.6 Å². The molecule has 11 nitrogen and oxygen atoms in total. The number of aliphatic hydroxyl groups is 3. The average molecular weight is 487 g/mol. The summed E-state index contributed by atoms with van der Waals surface area (Å²) in [5, 5.41) is 32.2. The maximum atomic E-state index is 12.7. The third-order valence-electron chi connectivity index (χ3n) is 6.41. The van der Waals surface area contributed by atoms with Crippen molar-refractivity contribution in [3.05, 3.63) is 0 Å². The van der Waals surface area contributed by atoms with E-state index < -0.39 is 42.5 Å². The van der Waals surface area contributed by atoms with E-state index in [0.29, 0.717) is 25.7 Å². The van der Waals surface area contributed by atoms with Crippen LogP contribution in [-0.2, 0) is 28.7 Å². The number of nitrogens with zero attached hydrogens (tertiary/aromatic N) is 1. The first-order chi connectivity index (χ1) is 16.0. The molecule has 2 fully saturated rings. The van der Waals surface area contributed by atoms with E-state index in [9.17, 15) is 34.5 Å². The van der Waals surface area contributed by atoms with Crippen molar-refractivity contribution < 1.29 is 44.0 Å². The number of ether oxygens (including phenoxy) is 2. The van der Waals surface area contributed by atoms with Gasteiger partial charge in [-0.25, -0.2) is 0 Å². The van der Waals surface area contributed by atoms with Crippen molar-refractivity contribution >= 4 is 23.4 Å². The fourth-order valence-corrected chi connectivity index (χ4v) is 4.24. The second kappa shape index (κ2) is 13.2. The van der Waals surface area contributed by atoms with Crippen molar-refractivity contribution in [3.63, 3.8) is 0 Å². The number of unbranched alkanes of at least 4 members (excludes halogenated alkanes) is 1. The highest BCUT2D eigenvalue weighted by molar-refractivity contribution is 5.85. The first-order valence-corrected chi connectivity index (χ1v) is 11.9. The minimum Gasteiger partial charge on any atom is -0.388 e. The first-order valence-electron chi connectivity index (χ1n) is 11.9. The number of nitrogens with one attached hydrogen (secondary N) is 1. The molecular formula is C23H38N2O9. The SMILES string of the molecule is CC(=O)CCCCC(=O)N1C[C@H](C(C)=O)C[C@H](C(=O)NCCO[C@@H]2O[C@@H](C)[C@@H](O)[C@@H](O)[C@@H]2O)C1. The predicted octanol–water partition coefficient (Wildman–Crippen LogP) is -0.850. The Labute approximate surface area is 199 Å². The van der Waals surface area contributed by atoms with Gasteiger partial charge in [-0.05, 0) is 40.0 Å². The van der Waals surface area contributed by atoms with Crippen LogP contribution in [0.15, 0.2) is 0 Å². The Bertz CT molecular complexity index is 731. The topological polar surface area (TPSA) is 163 Å². The molecule has 2 saturated heterocycles. The fraction of sp³-hybridized carbons (Fsp3) is 0.826. The van der Waals surface area contributed by atoms with Gasteiger partial charge in [0.1, 0.15) is 29.9 Å². The molecule has 2 aliphatic heterocycles. The molecule has 11 heteroatoms. The molecule has 0 aromatic heterocycles. The molecule has 7 atom stereocenters. The van der Waals surface area contributed by atoms with Gasteiger partial charge in [-0.3, -0.25) is 14.4 Å². The number of aliphatic hydroxyl groups excluding tert-OH is 3. The Hall–Kier alpha value is -1.92. The number of ketones is 2. The van der Waals surface area contributed by atoms with Crippen LogP contribution in [-0.4, -0.2) is 101 Å². The number of amides is 2. The number of Topliss-reactive ketones (excluding diaryl/α,β-unsaturated/α-hetero) is 2. The highest BCUT2D eigenvalue weighted by Gasteiger charge is 2.42. The van der Waals surface area contributed by atoms with Crippen LogP contribution in [0.2, 0.25) is 0 Å². The molecule has 2 aliphatic rings. The van der Waals surface area contributed by atoms with E-state index in [1.165, 1.54) is 13.8 Å². The van der Waals surface area contributed by atoms with Gasteiger partial charge in [0.15, 0.2) is 6.29 Å². The Balaban J connectivity index is 1.82. The second-order valence-electron chi connectivity index (χ2n) is 9.29. The van der Waals surface area contributed by atoms with Crippen molar-refractivity contribution in [2.45, 2.75) is 83.6 Å². The summed E-state index contributed by atoms with van der Waals surface area (Å²) in [7, 11) is 0. The van der Waals surface area contributed by atoms with Crippen LogP contribution in [0, 0.1) is 11.8 Å². The van der Waals surface area contributed by atoms with Crippen LogP contribution in [0.25, 0.3) is 0 Å². The Kier molecular flexibility index (Phi) is 11.0. The Morgan fingerprint density at radius 1 is 0.971 bits per heavy atom. The summed E-state index contributed by atoms with van der Waals surface area (Å²) in [4.78, 5) is 50.0. The minimum absolute atomic E-state index is 0.00927. The zero-order valence-electron chi connectivity index (χ0n) is 20.1. The zero-order chi connectivity index (χ0) is 25.4. The van der Waals surface area contributed by atoms with E-state index in [4.69, 9.17) is 9.47 Å². The van der Waals surface area contributed by atoms with Gasteiger partial charge in [0.2, 0.25) is 11.8 Å². The van der Waals surface area contributed by atoms with Gasteiger partial charge in [0.25, 0.3) is 0 Å². The molecular weight excluding hydrogens is 448 g/mol. The summed E-state index contributed by atoms with van der Waals surface area (Å²) < 4.78 is 10.8. The molecule has 194 valence electrons. The van der Waals surface area contributed by atoms with Crippen molar-refractivity contribution in [1.82, 2.24) is 10.2 Å². The standard InChI is InChI=1S/C23H38N2O9/c1-13(26)6-4-5-7-18(28)25-11-16(14(2)27)10-17(12-25)22(32)24-8-9-33-23-21(31)20(30)19(29)15(3)34-23/h15-17,19-21,23,29-31H,4-12H2,1-3H3,(H,24,32)/t15-,16+,17-,19+,20+,21-,23+/m0/s1. The molecule has 0 aromatic rings. The third kappa shape index (κ3) is 8.09. The highest BCUT2D eigenvalue weighted by Crippen LogP contribution is 2.24. The lowest BCUT2D eigenvalue weighted by molar-refractivity contribution is -0.292. The van der Waals surface area contributed by atoms with Crippen molar-refractivity contribution in [3.8, 4) is 0 Å². The molecule has 2 rings (SSSR count). The Morgan fingerprint density at radius 2 is 1.62 bits per heavy atom. The number of rotatable bonds is 11. The van der Waals surface area contributed by atoms with Gasteiger partial charge in [-0.1, -0.05) is 0 Å². The predicted molar refractivity (Wildman–Crippen MR) is 119 cm³/mol. The fourth-order valence-electron chi connectivity index (χ4n) is 4.24. The summed E-state index contributed by atoms with van der Waals surface area (Å²) in [6.07, 6.45) is -3.67. The number of likely N-dealkylation sites (tertiary alicyclic amines) is 1. The van der Waals surface area contributed by atoms with Crippen LogP contribution in [0.1, 0.15) is 52.9 Å². The summed E-state index contributed by atoms with van der Waals surface area (Å²) >= 11 is 0. The number of hydrogen-bond donors (Lipinski definition) is 4.